The van der Waals surface area contributed by atoms with Crippen LogP contribution < -0.4 is 5.73 Å². The van der Waals surface area contributed by atoms with Gasteiger partial charge in [0.2, 0.25) is 0 Å². The topological polar surface area (TPSA) is 42.4 Å². The lowest BCUT2D eigenvalue weighted by atomic mass is 10.0. The van der Waals surface area contributed by atoms with E-state index < -0.39 is 17.7 Å². The summed E-state index contributed by atoms with van der Waals surface area (Å²) < 4.78 is 32.3. The first-order valence-corrected chi connectivity index (χ1v) is 6.90. The highest BCUT2D eigenvalue weighted by Crippen LogP contribution is 2.20. The molecular weight excluding hydrogens is 274 g/mol. The van der Waals surface area contributed by atoms with Crippen LogP contribution in [-0.2, 0) is 6.54 Å². The van der Waals surface area contributed by atoms with Crippen LogP contribution in [0.5, 0.6) is 0 Å². The molecule has 0 saturated carbocycles. The zero-order valence-electron chi connectivity index (χ0n) is 12.3. The quantitative estimate of drug-likeness (QED) is 0.888. The van der Waals surface area contributed by atoms with Gasteiger partial charge in [0.05, 0.1) is 6.54 Å². The molecule has 0 spiro atoms. The normalized spacial score (nSPS) is 12.9. The van der Waals surface area contributed by atoms with Crippen molar-refractivity contribution < 1.29 is 13.2 Å². The van der Waals surface area contributed by atoms with Crippen LogP contribution in [0, 0.1) is 18.6 Å². The molecule has 1 atom stereocenters. The van der Waals surface area contributed by atoms with Crippen molar-refractivity contribution in [2.75, 3.05) is 13.6 Å². The highest BCUT2D eigenvalue weighted by molar-refractivity contribution is 5.22. The Balaban J connectivity index is 1.88. The molecule has 0 aliphatic carbocycles. The summed E-state index contributed by atoms with van der Waals surface area (Å²) in [7, 11) is 1.94. The lowest BCUT2D eigenvalue weighted by Crippen LogP contribution is -2.24. The van der Waals surface area contributed by atoms with Gasteiger partial charge in [-0.3, -0.25) is 4.90 Å². The molecule has 0 aliphatic heterocycles. The number of nitrogens with zero attached hydrogens (tertiary/aromatic N) is 1. The molecule has 1 unspecified atom stereocenters. The number of aryl methyl sites for hydroxylation is 1. The van der Waals surface area contributed by atoms with Gasteiger partial charge in [-0.1, -0.05) is 12.1 Å². The summed E-state index contributed by atoms with van der Waals surface area (Å²) in [6, 6.07) is 7.41. The Morgan fingerprint density at radius 3 is 2.67 bits per heavy atom. The van der Waals surface area contributed by atoms with Crippen LogP contribution in [0.25, 0.3) is 0 Å². The molecule has 0 saturated heterocycles. The molecule has 21 heavy (non-hydrogen) atoms. The molecule has 1 heterocycles. The molecule has 1 aromatic heterocycles. The zero-order valence-corrected chi connectivity index (χ0v) is 12.3. The standard InChI is InChI=1S/C16H20F2N2O/c1-11-6-7-12(21-11)10-20(2)9-8-15(19)13-4-3-5-14(17)16(13)18/h3-7,15H,8-10,19H2,1-2H3. The first kappa shape index (κ1) is 15.7. The molecule has 114 valence electrons. The molecule has 0 bridgehead atoms. The van der Waals surface area contributed by atoms with Crippen LogP contribution in [0.1, 0.15) is 29.5 Å². The molecule has 0 fully saturated rings. The molecule has 0 radical (unpaired) electrons. The summed E-state index contributed by atoms with van der Waals surface area (Å²) in [4.78, 5) is 2.04. The van der Waals surface area contributed by atoms with Gasteiger partial charge in [-0.05, 0) is 38.6 Å². The Bertz CT molecular complexity index is 598. The van der Waals surface area contributed by atoms with E-state index in [9.17, 15) is 8.78 Å². The molecule has 0 aliphatic rings. The molecular formula is C16H20F2N2O. The molecule has 1 aromatic carbocycles. The van der Waals surface area contributed by atoms with Gasteiger partial charge in [0.15, 0.2) is 11.6 Å². The van der Waals surface area contributed by atoms with Gasteiger partial charge in [-0.25, -0.2) is 8.78 Å². The molecule has 2 N–H and O–H groups in total. The predicted octanol–water partition coefficient (Wildman–Crippen LogP) is 3.39. The highest BCUT2D eigenvalue weighted by Gasteiger charge is 2.15. The van der Waals surface area contributed by atoms with Crippen LogP contribution in [0.15, 0.2) is 34.7 Å². The highest BCUT2D eigenvalue weighted by atomic mass is 19.2. The maximum Gasteiger partial charge on any atom is 0.163 e. The molecule has 3 nitrogen and oxygen atoms in total. The van der Waals surface area contributed by atoms with Gasteiger partial charge in [0, 0.05) is 18.2 Å². The van der Waals surface area contributed by atoms with Gasteiger partial charge >= 0.3 is 0 Å². The summed E-state index contributed by atoms with van der Waals surface area (Å²) >= 11 is 0. The van der Waals surface area contributed by atoms with Crippen LogP contribution in [0.2, 0.25) is 0 Å². The van der Waals surface area contributed by atoms with Crippen molar-refractivity contribution in [3.8, 4) is 0 Å². The maximum absolute atomic E-state index is 13.6. The second kappa shape index (κ2) is 6.83. The van der Waals surface area contributed by atoms with Crippen LogP contribution >= 0.6 is 0 Å². The Hall–Kier alpha value is -1.72. The predicted molar refractivity (Wildman–Crippen MR) is 77.7 cm³/mol. The van der Waals surface area contributed by atoms with Crippen molar-refractivity contribution >= 4 is 0 Å². The van der Waals surface area contributed by atoms with Crippen LogP contribution in [-0.4, -0.2) is 18.5 Å². The SMILES string of the molecule is Cc1ccc(CN(C)CCC(N)c2cccc(F)c2F)o1. The Kier molecular flexibility index (Phi) is 5.09. The van der Waals surface area contributed by atoms with Gasteiger partial charge in [0.25, 0.3) is 0 Å². The van der Waals surface area contributed by atoms with Crippen molar-refractivity contribution in [2.24, 2.45) is 5.73 Å². The van der Waals surface area contributed by atoms with Crippen molar-refractivity contribution in [1.29, 1.82) is 0 Å². The Morgan fingerprint density at radius 1 is 1.24 bits per heavy atom. The minimum atomic E-state index is -0.859. The zero-order chi connectivity index (χ0) is 15.4. The van der Waals surface area contributed by atoms with Crippen LogP contribution in [0.4, 0.5) is 8.78 Å². The second-order valence-electron chi connectivity index (χ2n) is 5.29. The number of hydrogen-bond donors (Lipinski definition) is 1. The van der Waals surface area contributed by atoms with E-state index in [1.807, 2.05) is 31.0 Å². The lowest BCUT2D eigenvalue weighted by Gasteiger charge is -2.19. The molecule has 0 amide bonds. The summed E-state index contributed by atoms with van der Waals surface area (Å²) in [5.74, 6) is 0.0362. The first-order valence-electron chi connectivity index (χ1n) is 6.90. The summed E-state index contributed by atoms with van der Waals surface area (Å²) in [5.41, 5.74) is 6.17. The van der Waals surface area contributed by atoms with E-state index in [0.717, 1.165) is 17.6 Å². The fraction of sp³-hybridized carbons (Fsp3) is 0.375. The van der Waals surface area contributed by atoms with E-state index in [0.29, 0.717) is 19.5 Å². The third-order valence-corrected chi connectivity index (χ3v) is 3.42. The monoisotopic (exact) mass is 294 g/mol. The largest absolute Gasteiger partial charge is 0.465 e. The van der Waals surface area contributed by atoms with E-state index >= 15 is 0 Å². The van der Waals surface area contributed by atoms with Crippen molar-refractivity contribution in [2.45, 2.75) is 25.9 Å². The van der Waals surface area contributed by atoms with Crippen LogP contribution in [0.3, 0.4) is 0 Å². The fourth-order valence-corrected chi connectivity index (χ4v) is 2.24. The summed E-state index contributed by atoms with van der Waals surface area (Å²) in [5, 5.41) is 0. The van der Waals surface area contributed by atoms with E-state index in [1.54, 1.807) is 0 Å². The number of rotatable bonds is 6. The molecule has 2 aromatic rings. The average Bonchev–Trinajstić information content (AvgIpc) is 2.84. The molecule has 2 rings (SSSR count). The van der Waals surface area contributed by atoms with E-state index in [-0.39, 0.29) is 5.56 Å². The number of halogens is 2. The van der Waals surface area contributed by atoms with Crippen molar-refractivity contribution in [3.05, 3.63) is 59.1 Å². The summed E-state index contributed by atoms with van der Waals surface area (Å²) in [6.07, 6.45) is 0.538. The third kappa shape index (κ3) is 4.12. The number of nitrogens with two attached hydrogens (primary N) is 1. The third-order valence-electron chi connectivity index (χ3n) is 3.42. The van der Waals surface area contributed by atoms with Gasteiger partial charge in [-0.15, -0.1) is 0 Å². The van der Waals surface area contributed by atoms with Crippen molar-refractivity contribution in [1.82, 2.24) is 4.90 Å². The minimum Gasteiger partial charge on any atom is -0.465 e. The first-order chi connectivity index (χ1) is 9.97. The number of benzene rings is 1. The van der Waals surface area contributed by atoms with Gasteiger partial charge in [0.1, 0.15) is 11.5 Å². The Labute approximate surface area is 123 Å². The average molecular weight is 294 g/mol. The minimum absolute atomic E-state index is 0.220. The van der Waals surface area contributed by atoms with E-state index in [1.165, 1.54) is 12.1 Å². The number of furan rings is 1. The Morgan fingerprint density at radius 2 is 2.00 bits per heavy atom. The smallest absolute Gasteiger partial charge is 0.163 e. The van der Waals surface area contributed by atoms with Gasteiger partial charge < -0.3 is 10.2 Å². The fourth-order valence-electron chi connectivity index (χ4n) is 2.24. The second-order valence-corrected chi connectivity index (χ2v) is 5.29. The summed E-state index contributed by atoms with van der Waals surface area (Å²) in [6.45, 7) is 3.22. The van der Waals surface area contributed by atoms with Crippen molar-refractivity contribution in [3.63, 3.8) is 0 Å². The van der Waals surface area contributed by atoms with Gasteiger partial charge in [-0.2, -0.15) is 0 Å². The maximum atomic E-state index is 13.6. The molecule has 5 heteroatoms. The lowest BCUT2D eigenvalue weighted by molar-refractivity contribution is 0.280. The van der Waals surface area contributed by atoms with E-state index in [4.69, 9.17) is 10.2 Å². The number of hydrogen-bond acceptors (Lipinski definition) is 3. The van der Waals surface area contributed by atoms with E-state index in [2.05, 4.69) is 0 Å².